The molecule has 4 amide bonds. The zero-order chi connectivity index (χ0) is 37.9. The molecule has 2 N–H and O–H groups in total. The summed E-state index contributed by atoms with van der Waals surface area (Å²) in [6.07, 6.45) is 13.5. The third-order valence-electron chi connectivity index (χ3n) is 11.6. The van der Waals surface area contributed by atoms with Gasteiger partial charge >= 0.3 is 6.03 Å². The Bertz CT molecular complexity index is 2080. The number of nitriles is 1. The molecule has 0 spiro atoms. The van der Waals surface area contributed by atoms with Crippen LogP contribution >= 0.6 is 11.6 Å². The van der Waals surface area contributed by atoms with Crippen molar-refractivity contribution in [3.05, 3.63) is 71.3 Å². The molecule has 4 aliphatic rings. The van der Waals surface area contributed by atoms with E-state index in [0.717, 1.165) is 106 Å². The predicted octanol–water partition coefficient (Wildman–Crippen LogP) is 5.47. The monoisotopic (exact) mass is 764 g/mol. The number of amides is 4. The predicted molar refractivity (Wildman–Crippen MR) is 207 cm³/mol. The highest BCUT2D eigenvalue weighted by atomic mass is 35.5. The number of ether oxygens (including phenoxy) is 1. The Morgan fingerprint density at radius 3 is 2.45 bits per heavy atom. The van der Waals surface area contributed by atoms with Gasteiger partial charge in [-0.25, -0.2) is 4.79 Å². The molecule has 6 heterocycles. The van der Waals surface area contributed by atoms with Crippen LogP contribution in [-0.2, 0) is 4.79 Å². The van der Waals surface area contributed by atoms with Gasteiger partial charge in [-0.3, -0.25) is 24.8 Å². The molecule has 15 heteroatoms. The molecule has 1 saturated carbocycles. The van der Waals surface area contributed by atoms with E-state index < -0.39 is 6.03 Å². The zero-order valence-electron chi connectivity index (χ0n) is 30.7. The number of nitrogens with zero attached hydrogens (tertiary/aromatic N) is 8. The number of benzene rings is 1. The number of carbonyl (C=O) groups excluding carboxylic acids is 3. The molecule has 4 fully saturated rings. The van der Waals surface area contributed by atoms with Crippen molar-refractivity contribution in [1.82, 2.24) is 35.3 Å². The lowest BCUT2D eigenvalue weighted by Crippen LogP contribution is -2.49. The molecule has 4 aromatic rings. The standard InChI is InChI=1S/C40H45ClN10O4/c41-33-21-31(4-1-27(33)22-42)55-30-5-2-28(3-6-30)44-39(53)34-7-8-37(47-46-34)49-17-9-26(10-18-49)25-48-15-11-29(12-16-48)50-19-13-32-35(50)23-43-24-36(32)51-20-14-38(52)45-40(51)54/h1,4,7-8,13,19,21,23-24,26,28-30H,2-3,5-6,9-12,14-18,20,25H2,(H,44,53)(H,45,52,54)/t28-,30-. The summed E-state index contributed by atoms with van der Waals surface area (Å²) in [6, 6.07) is 12.9. The zero-order valence-corrected chi connectivity index (χ0v) is 31.5. The first-order chi connectivity index (χ1) is 26.8. The minimum absolute atomic E-state index is 0.0332. The van der Waals surface area contributed by atoms with Gasteiger partial charge in [0.05, 0.1) is 40.3 Å². The topological polar surface area (TPSA) is 162 Å². The molecule has 0 bridgehead atoms. The van der Waals surface area contributed by atoms with E-state index in [4.69, 9.17) is 21.6 Å². The number of likely N-dealkylation sites (tertiary alicyclic amines) is 1. The average molecular weight is 765 g/mol. The van der Waals surface area contributed by atoms with Gasteiger partial charge in [0, 0.05) is 75.4 Å². The molecule has 1 aromatic carbocycles. The number of anilines is 2. The number of nitrogens with one attached hydrogen (secondary N) is 2. The Kier molecular flexibility index (Phi) is 10.8. The maximum atomic E-state index is 13.0. The van der Waals surface area contributed by atoms with Crippen molar-refractivity contribution in [3.63, 3.8) is 0 Å². The summed E-state index contributed by atoms with van der Waals surface area (Å²) in [5.41, 5.74) is 2.50. The van der Waals surface area contributed by atoms with Crippen LogP contribution in [0.1, 0.15) is 79.9 Å². The SMILES string of the molecule is N#Cc1ccc(O[C@H]2CC[C@H](NC(=O)c3ccc(N4CCC(CN5CCC(n6ccc7c(N8CCC(=O)NC8=O)cncc76)CC5)CC4)nn3)CC2)cc1Cl. The number of hydrogen-bond donors (Lipinski definition) is 2. The summed E-state index contributed by atoms with van der Waals surface area (Å²) in [5.74, 6) is 1.63. The van der Waals surface area contributed by atoms with Gasteiger partial charge in [-0.05, 0) is 87.6 Å². The molecule has 55 heavy (non-hydrogen) atoms. The largest absolute Gasteiger partial charge is 0.490 e. The highest BCUT2D eigenvalue weighted by Gasteiger charge is 2.30. The Morgan fingerprint density at radius 2 is 1.75 bits per heavy atom. The molecule has 286 valence electrons. The van der Waals surface area contributed by atoms with Crippen molar-refractivity contribution in [2.45, 2.75) is 76.0 Å². The fourth-order valence-corrected chi connectivity index (χ4v) is 8.74. The third-order valence-corrected chi connectivity index (χ3v) is 11.9. The minimum Gasteiger partial charge on any atom is -0.490 e. The number of fused-ring (bicyclic) bond motifs is 1. The summed E-state index contributed by atoms with van der Waals surface area (Å²) >= 11 is 6.15. The number of carbonyl (C=O) groups is 3. The molecule has 1 aliphatic carbocycles. The Balaban J connectivity index is 0.760. The van der Waals surface area contributed by atoms with E-state index >= 15 is 0 Å². The lowest BCUT2D eigenvalue weighted by molar-refractivity contribution is -0.120. The van der Waals surface area contributed by atoms with Crippen molar-refractivity contribution in [1.29, 1.82) is 5.26 Å². The number of imide groups is 1. The van der Waals surface area contributed by atoms with Crippen LogP contribution in [0.5, 0.6) is 5.75 Å². The van der Waals surface area contributed by atoms with E-state index in [0.29, 0.717) is 40.5 Å². The number of aromatic nitrogens is 4. The second kappa shape index (κ2) is 16.2. The van der Waals surface area contributed by atoms with Gasteiger partial charge in [0.2, 0.25) is 5.91 Å². The Morgan fingerprint density at radius 1 is 0.945 bits per heavy atom. The fourth-order valence-electron chi connectivity index (χ4n) is 8.53. The first-order valence-corrected chi connectivity index (χ1v) is 19.7. The minimum atomic E-state index is -0.394. The second-order valence-electron chi connectivity index (χ2n) is 15.1. The Hall–Kier alpha value is -5.26. The number of piperidine rings is 2. The van der Waals surface area contributed by atoms with Crippen molar-refractivity contribution in [2.24, 2.45) is 5.92 Å². The van der Waals surface area contributed by atoms with Gasteiger partial charge in [0.1, 0.15) is 11.8 Å². The quantitative estimate of drug-likeness (QED) is 0.224. The van der Waals surface area contributed by atoms with Crippen LogP contribution in [0.2, 0.25) is 5.02 Å². The van der Waals surface area contributed by atoms with Crippen molar-refractivity contribution < 1.29 is 19.1 Å². The van der Waals surface area contributed by atoms with Gasteiger partial charge in [0.25, 0.3) is 5.91 Å². The molecule has 0 radical (unpaired) electrons. The van der Waals surface area contributed by atoms with E-state index in [1.54, 1.807) is 35.4 Å². The number of urea groups is 1. The molecule has 3 saturated heterocycles. The molecule has 3 aromatic heterocycles. The van der Waals surface area contributed by atoms with Crippen LogP contribution in [0.3, 0.4) is 0 Å². The van der Waals surface area contributed by atoms with Crippen LogP contribution in [0.25, 0.3) is 10.9 Å². The van der Waals surface area contributed by atoms with Crippen molar-refractivity contribution in [3.8, 4) is 11.8 Å². The van der Waals surface area contributed by atoms with E-state index in [2.05, 4.69) is 58.5 Å². The van der Waals surface area contributed by atoms with E-state index in [9.17, 15) is 14.4 Å². The smallest absolute Gasteiger partial charge is 0.328 e. The van der Waals surface area contributed by atoms with Gasteiger partial charge in [-0.1, -0.05) is 11.6 Å². The van der Waals surface area contributed by atoms with Crippen LogP contribution < -0.4 is 25.2 Å². The molecular formula is C40H45ClN10O4. The highest BCUT2D eigenvalue weighted by molar-refractivity contribution is 6.31. The maximum absolute atomic E-state index is 13.0. The van der Waals surface area contributed by atoms with Crippen LogP contribution in [0, 0.1) is 17.2 Å². The summed E-state index contributed by atoms with van der Waals surface area (Å²) in [6.45, 7) is 5.33. The van der Waals surface area contributed by atoms with E-state index in [-0.39, 0.29) is 30.4 Å². The highest BCUT2D eigenvalue weighted by Crippen LogP contribution is 2.34. The van der Waals surface area contributed by atoms with Crippen LogP contribution in [0.15, 0.2) is 55.0 Å². The number of hydrogen-bond acceptors (Lipinski definition) is 10. The van der Waals surface area contributed by atoms with Gasteiger partial charge in [-0.15, -0.1) is 10.2 Å². The van der Waals surface area contributed by atoms with Gasteiger partial charge < -0.3 is 24.4 Å². The lowest BCUT2D eigenvalue weighted by atomic mass is 9.92. The maximum Gasteiger partial charge on any atom is 0.328 e. The Labute approximate surface area is 324 Å². The first kappa shape index (κ1) is 36.7. The first-order valence-electron chi connectivity index (χ1n) is 19.4. The summed E-state index contributed by atoms with van der Waals surface area (Å²) < 4.78 is 8.39. The normalized spacial score (nSPS) is 21.7. The third kappa shape index (κ3) is 8.23. The number of halogens is 1. The van der Waals surface area contributed by atoms with E-state index in [1.807, 2.05) is 12.3 Å². The summed E-state index contributed by atoms with van der Waals surface area (Å²) in [4.78, 5) is 48.1. The fraction of sp³-hybridized carbons (Fsp3) is 0.475. The molecule has 0 unspecified atom stereocenters. The van der Waals surface area contributed by atoms with Crippen molar-refractivity contribution in [2.75, 3.05) is 49.1 Å². The molecule has 3 aliphatic heterocycles. The second-order valence-corrected chi connectivity index (χ2v) is 15.5. The van der Waals surface area contributed by atoms with Gasteiger partial charge in [-0.2, -0.15) is 5.26 Å². The lowest BCUT2D eigenvalue weighted by Gasteiger charge is -2.38. The average Bonchev–Trinajstić information content (AvgIpc) is 3.64. The molecule has 8 rings (SSSR count). The van der Waals surface area contributed by atoms with Crippen LogP contribution in [-0.4, -0.2) is 93.9 Å². The molecular weight excluding hydrogens is 720 g/mol. The molecule has 14 nitrogen and oxygen atoms in total. The molecule has 0 atom stereocenters. The van der Waals surface area contributed by atoms with Crippen LogP contribution in [0.4, 0.5) is 16.3 Å². The summed E-state index contributed by atoms with van der Waals surface area (Å²) in [7, 11) is 0. The number of rotatable bonds is 9. The number of pyridine rings is 1. The summed E-state index contributed by atoms with van der Waals surface area (Å²) in [5, 5.41) is 24.7. The van der Waals surface area contributed by atoms with Crippen molar-refractivity contribution >= 4 is 51.9 Å². The van der Waals surface area contributed by atoms with E-state index in [1.165, 1.54) is 0 Å². The van der Waals surface area contributed by atoms with Gasteiger partial charge in [0.15, 0.2) is 11.5 Å².